The Bertz CT molecular complexity index is 443. The molecule has 8 heteroatoms. The van der Waals surface area contributed by atoms with E-state index >= 15 is 0 Å². The second kappa shape index (κ2) is 7.14. The van der Waals surface area contributed by atoms with Crippen LogP contribution in [0.3, 0.4) is 0 Å². The van der Waals surface area contributed by atoms with Gasteiger partial charge in [0, 0.05) is 18.9 Å². The van der Waals surface area contributed by atoms with E-state index in [0.717, 1.165) is 0 Å². The number of hydrogen-bond donors (Lipinski definition) is 3. The van der Waals surface area contributed by atoms with E-state index < -0.39 is 17.9 Å². The number of carbonyl (C=O) groups is 3. The van der Waals surface area contributed by atoms with Crippen LogP contribution in [-0.4, -0.2) is 28.2 Å². The minimum atomic E-state index is -0.977. The first-order chi connectivity index (χ1) is 8.97. The van der Waals surface area contributed by atoms with Crippen molar-refractivity contribution in [2.45, 2.75) is 26.3 Å². The van der Waals surface area contributed by atoms with Crippen LogP contribution in [0.4, 0.5) is 4.79 Å². The largest absolute Gasteiger partial charge is 0.481 e. The molecule has 3 N–H and O–H groups in total. The maximum atomic E-state index is 11.4. The number of aromatic nitrogens is 1. The number of nitrogens with one attached hydrogen (secondary N) is 2. The molecule has 1 aromatic rings. The summed E-state index contributed by atoms with van der Waals surface area (Å²) in [6, 6.07) is 0.917. The van der Waals surface area contributed by atoms with Crippen LogP contribution in [0.1, 0.15) is 25.5 Å². The Hall–Kier alpha value is -2.38. The van der Waals surface area contributed by atoms with Crippen molar-refractivity contribution in [2.75, 3.05) is 0 Å². The van der Waals surface area contributed by atoms with Crippen molar-refractivity contribution < 1.29 is 24.0 Å². The number of nitrogens with zero attached hydrogens (tertiary/aromatic N) is 1. The number of carbonyl (C=O) groups excluding carboxylic acids is 2. The zero-order chi connectivity index (χ0) is 14.3. The summed E-state index contributed by atoms with van der Waals surface area (Å²) in [7, 11) is 0. The molecule has 1 unspecified atom stereocenters. The maximum Gasteiger partial charge on any atom is 0.321 e. The Morgan fingerprint density at radius 3 is 2.74 bits per heavy atom. The van der Waals surface area contributed by atoms with Gasteiger partial charge < -0.3 is 14.9 Å². The zero-order valence-electron chi connectivity index (χ0n) is 10.4. The summed E-state index contributed by atoms with van der Waals surface area (Å²) in [5.74, 6) is -1.37. The first-order valence-corrected chi connectivity index (χ1v) is 5.66. The molecule has 1 heterocycles. The lowest BCUT2D eigenvalue weighted by molar-refractivity contribution is -0.138. The van der Waals surface area contributed by atoms with Crippen LogP contribution in [-0.2, 0) is 16.1 Å². The van der Waals surface area contributed by atoms with Gasteiger partial charge in [-0.05, 0) is 5.92 Å². The Morgan fingerprint density at radius 2 is 2.16 bits per heavy atom. The third-order valence-electron chi connectivity index (χ3n) is 2.22. The number of carboxylic acid groups (broad SMARTS) is 1. The molecule has 0 spiro atoms. The van der Waals surface area contributed by atoms with Crippen molar-refractivity contribution in [1.82, 2.24) is 15.8 Å². The molecule has 0 saturated heterocycles. The van der Waals surface area contributed by atoms with Crippen LogP contribution in [0.25, 0.3) is 0 Å². The summed E-state index contributed by atoms with van der Waals surface area (Å²) in [6.07, 6.45) is 1.29. The first-order valence-electron chi connectivity index (χ1n) is 5.66. The van der Waals surface area contributed by atoms with E-state index in [9.17, 15) is 14.4 Å². The number of imide groups is 1. The smallest absolute Gasteiger partial charge is 0.321 e. The number of carboxylic acids is 1. The summed E-state index contributed by atoms with van der Waals surface area (Å²) >= 11 is 0. The highest BCUT2D eigenvalue weighted by Gasteiger charge is 2.14. The van der Waals surface area contributed by atoms with Crippen molar-refractivity contribution in [3.8, 4) is 0 Å². The fraction of sp³-hybridized carbons (Fsp3) is 0.455. The van der Waals surface area contributed by atoms with Gasteiger partial charge in [-0.15, -0.1) is 0 Å². The van der Waals surface area contributed by atoms with Crippen LogP contribution in [0.2, 0.25) is 0 Å². The molecule has 8 nitrogen and oxygen atoms in total. The fourth-order valence-corrected chi connectivity index (χ4v) is 1.41. The standard InChI is InChI=1S/C11H15N3O5/c1-7(5-10(16)17)4-9(15)14-11(18)12-6-8-2-3-13-19-8/h2-3,7H,4-6H2,1H3,(H,16,17)(H2,12,14,15,18). The van der Waals surface area contributed by atoms with Gasteiger partial charge in [0.2, 0.25) is 5.91 Å². The van der Waals surface area contributed by atoms with E-state index in [-0.39, 0.29) is 25.3 Å². The number of urea groups is 1. The molecule has 0 radical (unpaired) electrons. The lowest BCUT2D eigenvalue weighted by Gasteiger charge is -2.08. The Labute approximate surface area is 109 Å². The van der Waals surface area contributed by atoms with Crippen molar-refractivity contribution >= 4 is 17.9 Å². The van der Waals surface area contributed by atoms with Crippen molar-refractivity contribution in [1.29, 1.82) is 0 Å². The fourth-order valence-electron chi connectivity index (χ4n) is 1.41. The highest BCUT2D eigenvalue weighted by molar-refractivity contribution is 5.94. The Balaban J connectivity index is 2.24. The third-order valence-corrected chi connectivity index (χ3v) is 2.22. The lowest BCUT2D eigenvalue weighted by Crippen LogP contribution is -2.39. The number of aliphatic carboxylic acids is 1. The monoisotopic (exact) mass is 269 g/mol. The van der Waals surface area contributed by atoms with Gasteiger partial charge in [0.15, 0.2) is 5.76 Å². The van der Waals surface area contributed by atoms with E-state index in [1.165, 1.54) is 6.20 Å². The van der Waals surface area contributed by atoms with Gasteiger partial charge in [0.05, 0.1) is 12.7 Å². The Morgan fingerprint density at radius 1 is 1.42 bits per heavy atom. The minimum absolute atomic E-state index is 0.0258. The van der Waals surface area contributed by atoms with Gasteiger partial charge in [-0.1, -0.05) is 12.1 Å². The topological polar surface area (TPSA) is 122 Å². The van der Waals surface area contributed by atoms with Gasteiger partial charge >= 0.3 is 12.0 Å². The summed E-state index contributed by atoms with van der Waals surface area (Å²) in [5.41, 5.74) is 0. The highest BCUT2D eigenvalue weighted by atomic mass is 16.5. The molecule has 1 rings (SSSR count). The number of amides is 3. The van der Waals surface area contributed by atoms with E-state index in [0.29, 0.717) is 5.76 Å². The van der Waals surface area contributed by atoms with Crippen LogP contribution in [0.5, 0.6) is 0 Å². The molecular formula is C11H15N3O5. The van der Waals surface area contributed by atoms with Crippen LogP contribution in [0, 0.1) is 5.92 Å². The lowest BCUT2D eigenvalue weighted by atomic mass is 10.0. The van der Waals surface area contributed by atoms with Gasteiger partial charge in [0.1, 0.15) is 0 Å². The summed E-state index contributed by atoms with van der Waals surface area (Å²) in [5, 5.41) is 16.5. The van der Waals surface area contributed by atoms with E-state index in [1.807, 2.05) is 0 Å². The quantitative estimate of drug-likeness (QED) is 0.691. The Kier molecular flexibility index (Phi) is 5.52. The molecule has 0 aliphatic rings. The molecule has 0 fully saturated rings. The molecule has 104 valence electrons. The highest BCUT2D eigenvalue weighted by Crippen LogP contribution is 2.06. The molecule has 1 aromatic heterocycles. The average Bonchev–Trinajstić information content (AvgIpc) is 2.77. The molecular weight excluding hydrogens is 254 g/mol. The second-order valence-electron chi connectivity index (χ2n) is 4.12. The molecule has 19 heavy (non-hydrogen) atoms. The molecule has 3 amide bonds. The predicted molar refractivity (Wildman–Crippen MR) is 62.9 cm³/mol. The summed E-state index contributed by atoms with van der Waals surface area (Å²) < 4.78 is 4.75. The normalized spacial score (nSPS) is 11.6. The van der Waals surface area contributed by atoms with Gasteiger partial charge in [-0.25, -0.2) is 4.79 Å². The maximum absolute atomic E-state index is 11.4. The number of hydrogen-bond acceptors (Lipinski definition) is 5. The van der Waals surface area contributed by atoms with Crippen molar-refractivity contribution in [2.24, 2.45) is 5.92 Å². The second-order valence-corrected chi connectivity index (χ2v) is 4.12. The van der Waals surface area contributed by atoms with Crippen LogP contribution < -0.4 is 10.6 Å². The third kappa shape index (κ3) is 6.20. The molecule has 0 saturated carbocycles. The summed E-state index contributed by atoms with van der Waals surface area (Å²) in [6.45, 7) is 1.74. The molecule has 0 aliphatic heterocycles. The minimum Gasteiger partial charge on any atom is -0.481 e. The summed E-state index contributed by atoms with van der Waals surface area (Å²) in [4.78, 5) is 33.2. The van der Waals surface area contributed by atoms with Crippen molar-refractivity contribution in [3.63, 3.8) is 0 Å². The zero-order valence-corrected chi connectivity index (χ0v) is 10.4. The molecule has 0 bridgehead atoms. The van der Waals surface area contributed by atoms with E-state index in [2.05, 4.69) is 15.8 Å². The van der Waals surface area contributed by atoms with Crippen LogP contribution in [0.15, 0.2) is 16.8 Å². The SMILES string of the molecule is CC(CC(=O)O)CC(=O)NC(=O)NCc1ccno1. The first kappa shape index (κ1) is 14.7. The molecule has 0 aromatic carbocycles. The van der Waals surface area contributed by atoms with Gasteiger partial charge in [-0.3, -0.25) is 14.9 Å². The van der Waals surface area contributed by atoms with Gasteiger partial charge in [-0.2, -0.15) is 0 Å². The average molecular weight is 269 g/mol. The van der Waals surface area contributed by atoms with Crippen LogP contribution >= 0.6 is 0 Å². The van der Waals surface area contributed by atoms with E-state index in [4.69, 9.17) is 9.63 Å². The van der Waals surface area contributed by atoms with E-state index in [1.54, 1.807) is 13.0 Å². The molecule has 0 aliphatic carbocycles. The predicted octanol–water partition coefficient (Wildman–Crippen LogP) is 0.501. The number of rotatable bonds is 6. The van der Waals surface area contributed by atoms with Gasteiger partial charge in [0.25, 0.3) is 0 Å². The molecule has 1 atom stereocenters. The van der Waals surface area contributed by atoms with Crippen molar-refractivity contribution in [3.05, 3.63) is 18.0 Å².